The van der Waals surface area contributed by atoms with E-state index < -0.39 is 24.0 Å². The van der Waals surface area contributed by atoms with Gasteiger partial charge >= 0.3 is 6.61 Å². The molecule has 0 aromatic heterocycles. The first-order valence-electron chi connectivity index (χ1n) is 11.1. The van der Waals surface area contributed by atoms with E-state index >= 15 is 0 Å². The number of halogens is 4. The van der Waals surface area contributed by atoms with E-state index in [-0.39, 0.29) is 5.39 Å². The molecule has 0 heterocycles. The van der Waals surface area contributed by atoms with Crippen LogP contribution in [0.2, 0.25) is 0 Å². The lowest BCUT2D eigenvalue weighted by Crippen LogP contribution is -2.11. The Hall–Kier alpha value is -3.26. The van der Waals surface area contributed by atoms with Crippen LogP contribution in [-0.2, 0) is 0 Å². The van der Waals surface area contributed by atoms with E-state index in [0.29, 0.717) is 33.9 Å². The second-order valence-electron chi connectivity index (χ2n) is 8.29. The summed E-state index contributed by atoms with van der Waals surface area (Å²) in [7, 11) is 0. The SMILES string of the molecule is C/C=C/C1CCC(C#Cc2ccc(-c3ccc4c(F)c(OC(F)F)ccc4c3)c(F)c2)CC1. The molecule has 0 atom stereocenters. The number of alkyl halides is 2. The van der Waals surface area contributed by atoms with Crippen molar-refractivity contribution in [3.63, 3.8) is 0 Å². The molecular weight excluding hydrogens is 428 g/mol. The van der Waals surface area contributed by atoms with Gasteiger partial charge in [-0.3, -0.25) is 0 Å². The number of rotatable bonds is 4. The maximum atomic E-state index is 14.9. The third-order valence-corrected chi connectivity index (χ3v) is 6.07. The van der Waals surface area contributed by atoms with Crippen molar-refractivity contribution < 1.29 is 22.3 Å². The Morgan fingerprint density at radius 1 is 0.970 bits per heavy atom. The Labute approximate surface area is 191 Å². The summed E-state index contributed by atoms with van der Waals surface area (Å²) >= 11 is 0. The third-order valence-electron chi connectivity index (χ3n) is 6.07. The third kappa shape index (κ3) is 5.39. The molecule has 0 spiro atoms. The smallest absolute Gasteiger partial charge is 0.387 e. The lowest BCUT2D eigenvalue weighted by Gasteiger charge is -2.22. The molecule has 170 valence electrons. The molecule has 0 aliphatic heterocycles. The number of benzene rings is 3. The summed E-state index contributed by atoms with van der Waals surface area (Å²) < 4.78 is 58.4. The zero-order chi connectivity index (χ0) is 23.4. The molecule has 1 fully saturated rings. The highest BCUT2D eigenvalue weighted by atomic mass is 19.3. The molecule has 1 saturated carbocycles. The number of ether oxygens (including phenoxy) is 1. The summed E-state index contributed by atoms with van der Waals surface area (Å²) in [5.41, 5.74) is 1.54. The van der Waals surface area contributed by atoms with E-state index in [0.717, 1.165) is 31.7 Å². The van der Waals surface area contributed by atoms with Crippen LogP contribution in [0.4, 0.5) is 17.6 Å². The topological polar surface area (TPSA) is 9.23 Å². The fourth-order valence-electron chi connectivity index (χ4n) is 4.37. The zero-order valence-corrected chi connectivity index (χ0v) is 18.3. The first-order valence-corrected chi connectivity index (χ1v) is 11.1. The number of fused-ring (bicyclic) bond motifs is 1. The van der Waals surface area contributed by atoms with Crippen molar-refractivity contribution in [3.05, 3.63) is 77.9 Å². The van der Waals surface area contributed by atoms with Crippen molar-refractivity contribution >= 4 is 10.8 Å². The van der Waals surface area contributed by atoms with Crippen molar-refractivity contribution in [2.24, 2.45) is 11.8 Å². The maximum Gasteiger partial charge on any atom is 0.387 e. The normalized spacial score (nSPS) is 18.5. The minimum Gasteiger partial charge on any atom is -0.432 e. The Kier molecular flexibility index (Phi) is 7.03. The highest BCUT2D eigenvalue weighted by molar-refractivity contribution is 5.89. The molecule has 3 aromatic carbocycles. The molecule has 0 saturated heterocycles. The van der Waals surface area contributed by atoms with Gasteiger partial charge in [-0.2, -0.15) is 8.78 Å². The second kappa shape index (κ2) is 10.1. The lowest BCUT2D eigenvalue weighted by molar-refractivity contribution is -0.0520. The Morgan fingerprint density at radius 3 is 2.45 bits per heavy atom. The summed E-state index contributed by atoms with van der Waals surface area (Å²) in [5.74, 6) is 5.56. The first-order chi connectivity index (χ1) is 15.9. The van der Waals surface area contributed by atoms with Crippen LogP contribution < -0.4 is 4.74 Å². The molecule has 0 amide bonds. The summed E-state index contributed by atoms with van der Waals surface area (Å²) in [5, 5.41) is 0.590. The fourth-order valence-corrected chi connectivity index (χ4v) is 4.37. The largest absolute Gasteiger partial charge is 0.432 e. The summed E-state index contributed by atoms with van der Waals surface area (Å²) in [6.07, 6.45) is 8.74. The molecule has 1 nitrogen and oxygen atoms in total. The van der Waals surface area contributed by atoms with Gasteiger partial charge in [-0.15, -0.1) is 0 Å². The molecule has 33 heavy (non-hydrogen) atoms. The summed E-state index contributed by atoms with van der Waals surface area (Å²) in [4.78, 5) is 0. The Morgan fingerprint density at radius 2 is 1.76 bits per heavy atom. The minimum absolute atomic E-state index is 0.129. The lowest BCUT2D eigenvalue weighted by atomic mass is 9.82. The average Bonchev–Trinajstić information content (AvgIpc) is 2.80. The van der Waals surface area contributed by atoms with Gasteiger partial charge in [0.2, 0.25) is 0 Å². The van der Waals surface area contributed by atoms with E-state index in [1.165, 1.54) is 18.2 Å². The maximum absolute atomic E-state index is 14.9. The molecule has 0 radical (unpaired) electrons. The molecule has 0 N–H and O–H groups in total. The van der Waals surface area contributed by atoms with E-state index in [9.17, 15) is 17.6 Å². The monoisotopic (exact) mass is 452 g/mol. The van der Waals surface area contributed by atoms with Crippen molar-refractivity contribution in [2.45, 2.75) is 39.2 Å². The molecule has 3 aromatic rings. The van der Waals surface area contributed by atoms with Gasteiger partial charge in [-0.05, 0) is 73.7 Å². The van der Waals surface area contributed by atoms with Gasteiger partial charge < -0.3 is 4.74 Å². The molecule has 1 aliphatic rings. The average molecular weight is 452 g/mol. The quantitative estimate of drug-likeness (QED) is 0.221. The number of hydrogen-bond acceptors (Lipinski definition) is 1. The molecular formula is C28H24F4O. The standard InChI is InChI=1S/C28H24F4O/c1-2-3-18-4-6-19(7-5-18)8-9-20-10-13-23(25(29)16-20)21-11-14-24-22(17-21)12-15-26(27(24)30)33-28(31)32/h2-3,10-19,28H,4-7H2,1H3/b3-2+. The van der Waals surface area contributed by atoms with Crippen molar-refractivity contribution in [1.82, 2.24) is 0 Å². The van der Waals surface area contributed by atoms with Crippen molar-refractivity contribution in [1.29, 1.82) is 0 Å². The van der Waals surface area contributed by atoms with Crippen LogP contribution in [0.25, 0.3) is 21.9 Å². The van der Waals surface area contributed by atoms with Gasteiger partial charge in [-0.1, -0.05) is 48.3 Å². The van der Waals surface area contributed by atoms with E-state index in [2.05, 4.69) is 28.7 Å². The first kappa shape index (κ1) is 22.9. The number of allylic oxidation sites excluding steroid dienone is 2. The molecule has 4 rings (SSSR count). The Balaban J connectivity index is 1.52. The van der Waals surface area contributed by atoms with Crippen molar-refractivity contribution in [2.75, 3.05) is 0 Å². The van der Waals surface area contributed by atoms with E-state index in [1.54, 1.807) is 24.3 Å². The van der Waals surface area contributed by atoms with Crippen LogP contribution in [-0.4, -0.2) is 6.61 Å². The predicted molar refractivity (Wildman–Crippen MR) is 123 cm³/mol. The number of hydrogen-bond donors (Lipinski definition) is 0. The van der Waals surface area contributed by atoms with Gasteiger partial charge in [0, 0.05) is 22.4 Å². The minimum atomic E-state index is -3.11. The molecule has 1 aliphatic carbocycles. The van der Waals surface area contributed by atoms with Gasteiger partial charge in [-0.25, -0.2) is 8.78 Å². The van der Waals surface area contributed by atoms with Crippen LogP contribution in [0.5, 0.6) is 5.75 Å². The Bertz CT molecular complexity index is 1230. The molecule has 5 heteroatoms. The van der Waals surface area contributed by atoms with Gasteiger partial charge in [0.1, 0.15) is 5.82 Å². The van der Waals surface area contributed by atoms with E-state index in [1.807, 2.05) is 6.92 Å². The van der Waals surface area contributed by atoms with E-state index in [4.69, 9.17) is 0 Å². The zero-order valence-electron chi connectivity index (χ0n) is 18.3. The highest BCUT2D eigenvalue weighted by Gasteiger charge is 2.18. The molecule has 0 bridgehead atoms. The predicted octanol–water partition coefficient (Wildman–Crippen LogP) is 8.12. The van der Waals surface area contributed by atoms with Gasteiger partial charge in [0.05, 0.1) is 0 Å². The summed E-state index contributed by atoms with van der Waals surface area (Å²) in [6.45, 7) is -1.07. The summed E-state index contributed by atoms with van der Waals surface area (Å²) in [6, 6.07) is 12.1. The van der Waals surface area contributed by atoms with Gasteiger partial charge in [0.25, 0.3) is 0 Å². The van der Waals surface area contributed by atoms with Crippen LogP contribution in [0.3, 0.4) is 0 Å². The van der Waals surface area contributed by atoms with Crippen LogP contribution in [0, 0.1) is 35.3 Å². The van der Waals surface area contributed by atoms with Crippen molar-refractivity contribution in [3.8, 4) is 28.7 Å². The second-order valence-corrected chi connectivity index (χ2v) is 8.29. The van der Waals surface area contributed by atoms with Gasteiger partial charge in [0.15, 0.2) is 11.6 Å². The van der Waals surface area contributed by atoms with Crippen LogP contribution >= 0.6 is 0 Å². The highest BCUT2D eigenvalue weighted by Crippen LogP contribution is 2.32. The van der Waals surface area contributed by atoms with Crippen LogP contribution in [0.15, 0.2) is 60.7 Å². The van der Waals surface area contributed by atoms with Crippen LogP contribution in [0.1, 0.15) is 38.2 Å². The molecule has 0 unspecified atom stereocenters. The fraction of sp³-hybridized carbons (Fsp3) is 0.286.